The predicted octanol–water partition coefficient (Wildman–Crippen LogP) is 1.50. The lowest BCUT2D eigenvalue weighted by molar-refractivity contribution is -0.138. The Morgan fingerprint density at radius 3 is 2.35 bits per heavy atom. The number of anilines is 1. The number of aromatic nitrogens is 1. The lowest BCUT2D eigenvalue weighted by Crippen LogP contribution is -2.57. The summed E-state index contributed by atoms with van der Waals surface area (Å²) in [5.74, 6) is -0.498. The molecule has 43 heavy (non-hydrogen) atoms. The minimum Gasteiger partial charge on any atom is -0.491 e. The van der Waals surface area contributed by atoms with Gasteiger partial charge in [0.25, 0.3) is 5.91 Å². The highest BCUT2D eigenvalue weighted by Crippen LogP contribution is 2.20. The van der Waals surface area contributed by atoms with Crippen LogP contribution in [-0.4, -0.2) is 96.9 Å². The van der Waals surface area contributed by atoms with Crippen LogP contribution in [0.5, 0.6) is 5.75 Å². The van der Waals surface area contributed by atoms with E-state index in [0.29, 0.717) is 31.9 Å². The minimum atomic E-state index is -1.14. The van der Waals surface area contributed by atoms with Crippen molar-refractivity contribution in [3.05, 3.63) is 90.1 Å². The zero-order valence-corrected chi connectivity index (χ0v) is 24.1. The van der Waals surface area contributed by atoms with Crippen molar-refractivity contribution in [1.29, 1.82) is 0 Å². The maximum atomic E-state index is 13.8. The SMILES string of the molecule is CN1CCOc2ccccc2C(=O)N[C@H](C(=O)N2CCN(c3ccccn3)CC2)CC(=O)N[C@H](Cc2ccccc2)C1=O. The fraction of sp³-hybridized carbons (Fsp3) is 0.344. The van der Waals surface area contributed by atoms with E-state index in [4.69, 9.17) is 4.74 Å². The van der Waals surface area contributed by atoms with Crippen molar-refractivity contribution in [2.45, 2.75) is 24.9 Å². The molecule has 3 aromatic rings. The normalized spacial score (nSPS) is 20.3. The summed E-state index contributed by atoms with van der Waals surface area (Å²) in [6, 6.07) is 19.8. The van der Waals surface area contributed by atoms with Gasteiger partial charge < -0.3 is 30.1 Å². The second-order valence-corrected chi connectivity index (χ2v) is 10.6. The summed E-state index contributed by atoms with van der Waals surface area (Å²) in [7, 11) is 1.65. The fourth-order valence-corrected chi connectivity index (χ4v) is 5.29. The molecule has 1 saturated heterocycles. The number of carbonyl (C=O) groups is 4. The van der Waals surface area contributed by atoms with Crippen molar-refractivity contribution in [2.75, 3.05) is 51.3 Å². The number of nitrogens with zero attached hydrogens (tertiary/aromatic N) is 4. The molecule has 11 heteroatoms. The molecule has 0 spiro atoms. The van der Waals surface area contributed by atoms with Gasteiger partial charge in [0, 0.05) is 45.8 Å². The molecule has 224 valence electrons. The molecule has 2 aliphatic heterocycles. The molecule has 3 heterocycles. The van der Waals surface area contributed by atoms with Gasteiger partial charge in [0.2, 0.25) is 17.7 Å². The number of ether oxygens (including phenoxy) is 1. The van der Waals surface area contributed by atoms with E-state index in [2.05, 4.69) is 20.5 Å². The fourth-order valence-electron chi connectivity index (χ4n) is 5.29. The van der Waals surface area contributed by atoms with Gasteiger partial charge in [-0.15, -0.1) is 0 Å². The molecule has 4 amide bonds. The first kappa shape index (κ1) is 29.6. The van der Waals surface area contributed by atoms with Gasteiger partial charge in [-0.1, -0.05) is 48.5 Å². The second kappa shape index (κ2) is 13.8. The number of likely N-dealkylation sites (N-methyl/N-ethyl adjacent to an activating group) is 1. The van der Waals surface area contributed by atoms with E-state index in [0.717, 1.165) is 11.4 Å². The first-order valence-electron chi connectivity index (χ1n) is 14.4. The van der Waals surface area contributed by atoms with Crippen LogP contribution in [0, 0.1) is 0 Å². The zero-order chi connectivity index (χ0) is 30.2. The lowest BCUT2D eigenvalue weighted by Gasteiger charge is -2.37. The number of piperazine rings is 1. The molecule has 2 N–H and O–H groups in total. The van der Waals surface area contributed by atoms with Crippen molar-refractivity contribution in [3.63, 3.8) is 0 Å². The Labute approximate surface area is 250 Å². The van der Waals surface area contributed by atoms with Crippen LogP contribution >= 0.6 is 0 Å². The molecule has 0 saturated carbocycles. The number of para-hydroxylation sites is 1. The summed E-state index contributed by atoms with van der Waals surface area (Å²) in [4.78, 5) is 63.9. The maximum absolute atomic E-state index is 13.8. The average molecular weight is 585 g/mol. The predicted molar refractivity (Wildman–Crippen MR) is 161 cm³/mol. The maximum Gasteiger partial charge on any atom is 0.255 e. The zero-order valence-electron chi connectivity index (χ0n) is 24.1. The van der Waals surface area contributed by atoms with Gasteiger partial charge in [-0.25, -0.2) is 4.98 Å². The Morgan fingerprint density at radius 2 is 1.60 bits per heavy atom. The molecule has 2 aromatic carbocycles. The van der Waals surface area contributed by atoms with E-state index in [1.54, 1.807) is 42.4 Å². The smallest absolute Gasteiger partial charge is 0.255 e. The number of hydrogen-bond acceptors (Lipinski definition) is 7. The van der Waals surface area contributed by atoms with E-state index in [1.807, 2.05) is 48.5 Å². The lowest BCUT2D eigenvalue weighted by atomic mass is 10.0. The van der Waals surface area contributed by atoms with Crippen LogP contribution in [-0.2, 0) is 20.8 Å². The van der Waals surface area contributed by atoms with Gasteiger partial charge in [-0.3, -0.25) is 19.2 Å². The highest BCUT2D eigenvalue weighted by Gasteiger charge is 2.33. The number of pyridine rings is 1. The average Bonchev–Trinajstić information content (AvgIpc) is 3.04. The molecular weight excluding hydrogens is 548 g/mol. The van der Waals surface area contributed by atoms with Crippen LogP contribution in [0.2, 0.25) is 0 Å². The molecule has 0 radical (unpaired) electrons. The molecule has 1 fully saturated rings. The van der Waals surface area contributed by atoms with E-state index >= 15 is 0 Å². The Bertz CT molecular complexity index is 1430. The molecule has 11 nitrogen and oxygen atoms in total. The van der Waals surface area contributed by atoms with Crippen LogP contribution < -0.4 is 20.3 Å². The van der Waals surface area contributed by atoms with Crippen LogP contribution in [0.3, 0.4) is 0 Å². The number of rotatable bonds is 4. The largest absolute Gasteiger partial charge is 0.491 e. The van der Waals surface area contributed by atoms with E-state index in [-0.39, 0.29) is 43.4 Å². The molecule has 2 aliphatic rings. The molecule has 0 unspecified atom stereocenters. The van der Waals surface area contributed by atoms with E-state index in [1.165, 1.54) is 4.90 Å². The third kappa shape index (κ3) is 7.48. The van der Waals surface area contributed by atoms with Crippen LogP contribution in [0.15, 0.2) is 79.0 Å². The van der Waals surface area contributed by atoms with E-state index in [9.17, 15) is 19.2 Å². The van der Waals surface area contributed by atoms with Gasteiger partial charge in [0.05, 0.1) is 18.5 Å². The monoisotopic (exact) mass is 584 g/mol. The standard InChI is InChI=1S/C32H36N6O5/c1-36-19-20-43-27-12-6-5-11-24(27)30(40)35-26(22-29(39)34-25(31(36)41)21-23-9-3-2-4-10-23)32(42)38-17-15-37(16-18-38)28-13-7-8-14-33-28/h2-14,25-26H,15-22H2,1H3,(H,34,39)(H,35,40)/t25-,26+/m1/s1. The Kier molecular flexibility index (Phi) is 9.50. The summed E-state index contributed by atoms with van der Waals surface area (Å²) in [6.07, 6.45) is 1.68. The third-order valence-electron chi connectivity index (χ3n) is 7.67. The highest BCUT2D eigenvalue weighted by molar-refractivity contribution is 6.01. The van der Waals surface area contributed by atoms with Crippen LogP contribution in [0.1, 0.15) is 22.3 Å². The molecule has 1 aromatic heterocycles. The molecule has 5 rings (SSSR count). The quantitative estimate of drug-likeness (QED) is 0.476. The van der Waals surface area contributed by atoms with Crippen LogP contribution in [0.25, 0.3) is 0 Å². The number of nitrogens with one attached hydrogen (secondary N) is 2. The van der Waals surface area contributed by atoms with Gasteiger partial charge in [-0.2, -0.15) is 0 Å². The first-order valence-corrected chi connectivity index (χ1v) is 14.4. The first-order chi connectivity index (χ1) is 20.9. The third-order valence-corrected chi connectivity index (χ3v) is 7.67. The van der Waals surface area contributed by atoms with Crippen molar-refractivity contribution >= 4 is 29.4 Å². The number of fused-ring (bicyclic) bond motifs is 1. The van der Waals surface area contributed by atoms with Crippen molar-refractivity contribution in [2.24, 2.45) is 0 Å². The minimum absolute atomic E-state index is 0.140. The molecule has 0 aliphatic carbocycles. The number of carbonyl (C=O) groups excluding carboxylic acids is 4. The van der Waals surface area contributed by atoms with Gasteiger partial charge in [0.15, 0.2) is 0 Å². The van der Waals surface area contributed by atoms with Crippen molar-refractivity contribution < 1.29 is 23.9 Å². The van der Waals surface area contributed by atoms with Crippen molar-refractivity contribution in [3.8, 4) is 5.75 Å². The number of amides is 4. The number of benzene rings is 2. The number of hydrogen-bond donors (Lipinski definition) is 2. The second-order valence-electron chi connectivity index (χ2n) is 10.6. The topological polar surface area (TPSA) is 124 Å². The summed E-state index contributed by atoms with van der Waals surface area (Å²) >= 11 is 0. The Hall–Kier alpha value is -4.93. The van der Waals surface area contributed by atoms with Gasteiger partial charge >= 0.3 is 0 Å². The summed E-state index contributed by atoms with van der Waals surface area (Å²) in [5, 5.41) is 5.63. The van der Waals surface area contributed by atoms with E-state index < -0.39 is 23.9 Å². The van der Waals surface area contributed by atoms with Crippen molar-refractivity contribution in [1.82, 2.24) is 25.4 Å². The summed E-state index contributed by atoms with van der Waals surface area (Å²) < 4.78 is 5.91. The van der Waals surface area contributed by atoms with Gasteiger partial charge in [0.1, 0.15) is 30.3 Å². The van der Waals surface area contributed by atoms with Gasteiger partial charge in [-0.05, 0) is 29.8 Å². The highest BCUT2D eigenvalue weighted by atomic mass is 16.5. The molecule has 2 atom stereocenters. The Morgan fingerprint density at radius 1 is 0.884 bits per heavy atom. The Balaban J connectivity index is 1.38. The van der Waals surface area contributed by atoms with Crippen LogP contribution in [0.4, 0.5) is 5.82 Å². The summed E-state index contributed by atoms with van der Waals surface area (Å²) in [5.41, 5.74) is 1.13. The summed E-state index contributed by atoms with van der Waals surface area (Å²) in [6.45, 7) is 2.33. The molecular formula is C32H36N6O5. The molecule has 0 bridgehead atoms.